The van der Waals surface area contributed by atoms with E-state index in [9.17, 15) is 9.59 Å². The van der Waals surface area contributed by atoms with Crippen molar-refractivity contribution in [3.63, 3.8) is 0 Å². The number of amides is 3. The molecular weight excluding hydrogens is 254 g/mol. The van der Waals surface area contributed by atoms with Crippen molar-refractivity contribution in [2.75, 3.05) is 18.4 Å². The first-order valence-corrected chi connectivity index (χ1v) is 7.06. The second kappa shape index (κ2) is 6.41. The van der Waals surface area contributed by atoms with Crippen molar-refractivity contribution in [2.45, 2.75) is 26.2 Å². The average molecular weight is 275 g/mol. The molecule has 1 saturated heterocycles. The maximum Gasteiger partial charge on any atom is 0.321 e. The summed E-state index contributed by atoms with van der Waals surface area (Å²) in [4.78, 5) is 25.0. The number of anilines is 1. The Morgan fingerprint density at radius 2 is 2.05 bits per heavy atom. The zero-order valence-electron chi connectivity index (χ0n) is 11.8. The fourth-order valence-electron chi connectivity index (χ4n) is 2.50. The molecule has 0 aromatic heterocycles. The smallest absolute Gasteiger partial charge is 0.321 e. The van der Waals surface area contributed by atoms with Gasteiger partial charge in [0.1, 0.15) is 0 Å². The van der Waals surface area contributed by atoms with Crippen LogP contribution in [0.1, 0.15) is 36.5 Å². The van der Waals surface area contributed by atoms with Gasteiger partial charge in [-0.25, -0.2) is 4.79 Å². The standard InChI is InChI=1S/C15H21N3O2/c1-2-11-4-3-9-18(10-11)15(20)17-13-7-5-12(6-8-13)14(16)19/h5-8,11H,2-4,9-10H2,1H3,(H2,16,19)(H,17,20). The summed E-state index contributed by atoms with van der Waals surface area (Å²) < 4.78 is 0. The fraction of sp³-hybridized carbons (Fsp3) is 0.467. The molecule has 1 fully saturated rings. The minimum atomic E-state index is -0.468. The maximum absolute atomic E-state index is 12.2. The summed E-state index contributed by atoms with van der Waals surface area (Å²) in [5.74, 6) is 0.136. The third-order valence-corrected chi connectivity index (χ3v) is 3.80. The molecule has 0 spiro atoms. The molecule has 1 heterocycles. The van der Waals surface area contributed by atoms with Crippen molar-refractivity contribution < 1.29 is 9.59 Å². The third-order valence-electron chi connectivity index (χ3n) is 3.80. The van der Waals surface area contributed by atoms with E-state index in [1.54, 1.807) is 24.3 Å². The molecule has 0 bridgehead atoms. The van der Waals surface area contributed by atoms with Crippen LogP contribution in [0.4, 0.5) is 10.5 Å². The number of nitrogens with two attached hydrogens (primary N) is 1. The Labute approximate surface area is 119 Å². The first kappa shape index (κ1) is 14.4. The zero-order chi connectivity index (χ0) is 14.5. The predicted octanol–water partition coefficient (Wildman–Crippen LogP) is 2.44. The summed E-state index contributed by atoms with van der Waals surface area (Å²) in [5, 5.41) is 2.86. The maximum atomic E-state index is 12.2. The minimum Gasteiger partial charge on any atom is -0.366 e. The second-order valence-electron chi connectivity index (χ2n) is 5.23. The Morgan fingerprint density at radius 3 is 2.65 bits per heavy atom. The van der Waals surface area contributed by atoms with Crippen LogP contribution in [0.2, 0.25) is 0 Å². The normalized spacial score (nSPS) is 18.6. The van der Waals surface area contributed by atoms with E-state index in [2.05, 4.69) is 12.2 Å². The Bertz CT molecular complexity index is 484. The lowest BCUT2D eigenvalue weighted by Crippen LogP contribution is -2.42. The molecule has 20 heavy (non-hydrogen) atoms. The highest BCUT2D eigenvalue weighted by Gasteiger charge is 2.22. The van der Waals surface area contributed by atoms with Gasteiger partial charge >= 0.3 is 6.03 Å². The van der Waals surface area contributed by atoms with Gasteiger partial charge in [0.05, 0.1) is 0 Å². The lowest BCUT2D eigenvalue weighted by Gasteiger charge is -2.32. The molecule has 1 aliphatic rings. The fourth-order valence-corrected chi connectivity index (χ4v) is 2.50. The molecule has 5 heteroatoms. The molecule has 0 aliphatic carbocycles. The van der Waals surface area contributed by atoms with Gasteiger partial charge in [-0.3, -0.25) is 4.79 Å². The van der Waals surface area contributed by atoms with Crippen molar-refractivity contribution in [3.05, 3.63) is 29.8 Å². The average Bonchev–Trinajstić information content (AvgIpc) is 2.47. The van der Waals surface area contributed by atoms with E-state index in [0.717, 1.165) is 25.9 Å². The highest BCUT2D eigenvalue weighted by molar-refractivity contribution is 5.94. The van der Waals surface area contributed by atoms with Crippen molar-refractivity contribution in [2.24, 2.45) is 11.7 Å². The van der Waals surface area contributed by atoms with Crippen LogP contribution >= 0.6 is 0 Å². The van der Waals surface area contributed by atoms with Gasteiger partial charge in [-0.1, -0.05) is 13.3 Å². The number of nitrogens with zero attached hydrogens (tertiary/aromatic N) is 1. The van der Waals surface area contributed by atoms with E-state index in [0.29, 0.717) is 17.2 Å². The van der Waals surface area contributed by atoms with Crippen molar-refractivity contribution in [1.29, 1.82) is 0 Å². The van der Waals surface area contributed by atoms with Crippen LogP contribution in [0.15, 0.2) is 24.3 Å². The van der Waals surface area contributed by atoms with Crippen LogP contribution in [0, 0.1) is 5.92 Å². The van der Waals surface area contributed by atoms with Crippen LogP contribution in [0.3, 0.4) is 0 Å². The van der Waals surface area contributed by atoms with Crippen LogP contribution < -0.4 is 11.1 Å². The second-order valence-corrected chi connectivity index (χ2v) is 5.23. The van der Waals surface area contributed by atoms with Gasteiger partial charge < -0.3 is 16.0 Å². The summed E-state index contributed by atoms with van der Waals surface area (Å²) in [6.45, 7) is 3.79. The van der Waals surface area contributed by atoms with E-state index in [1.807, 2.05) is 4.90 Å². The number of piperidine rings is 1. The Balaban J connectivity index is 1.95. The van der Waals surface area contributed by atoms with E-state index < -0.39 is 5.91 Å². The largest absolute Gasteiger partial charge is 0.366 e. The number of carbonyl (C=O) groups excluding carboxylic acids is 2. The number of hydrogen-bond donors (Lipinski definition) is 2. The molecule has 3 amide bonds. The monoisotopic (exact) mass is 275 g/mol. The van der Waals surface area contributed by atoms with E-state index >= 15 is 0 Å². The van der Waals surface area contributed by atoms with E-state index in [4.69, 9.17) is 5.73 Å². The molecule has 1 atom stereocenters. The summed E-state index contributed by atoms with van der Waals surface area (Å²) in [5.41, 5.74) is 6.29. The number of benzene rings is 1. The molecule has 0 radical (unpaired) electrons. The molecule has 3 N–H and O–H groups in total. The van der Waals surface area contributed by atoms with Crippen LogP contribution in [0.25, 0.3) is 0 Å². The lowest BCUT2D eigenvalue weighted by molar-refractivity contribution is 0.100. The third kappa shape index (κ3) is 3.50. The first-order chi connectivity index (χ1) is 9.60. The molecule has 1 aliphatic heterocycles. The number of rotatable bonds is 3. The van der Waals surface area contributed by atoms with Crippen LogP contribution in [0.5, 0.6) is 0 Å². The molecular formula is C15H21N3O2. The SMILES string of the molecule is CCC1CCCN(C(=O)Nc2ccc(C(N)=O)cc2)C1. The number of nitrogens with one attached hydrogen (secondary N) is 1. The van der Waals surface area contributed by atoms with Gasteiger partial charge in [-0.05, 0) is 43.0 Å². The molecule has 1 aromatic carbocycles. The summed E-state index contributed by atoms with van der Waals surface area (Å²) in [6, 6.07) is 6.54. The molecule has 108 valence electrons. The minimum absolute atomic E-state index is 0.0741. The summed E-state index contributed by atoms with van der Waals surface area (Å²) in [6.07, 6.45) is 3.37. The number of hydrogen-bond acceptors (Lipinski definition) is 2. The topological polar surface area (TPSA) is 75.4 Å². The van der Waals surface area contributed by atoms with E-state index in [1.165, 1.54) is 6.42 Å². The number of urea groups is 1. The Kier molecular flexibility index (Phi) is 4.61. The van der Waals surface area contributed by atoms with Gasteiger partial charge in [0.25, 0.3) is 0 Å². The van der Waals surface area contributed by atoms with Crippen LogP contribution in [-0.2, 0) is 0 Å². The molecule has 1 unspecified atom stereocenters. The molecule has 5 nitrogen and oxygen atoms in total. The quantitative estimate of drug-likeness (QED) is 0.889. The van der Waals surface area contributed by atoms with Crippen molar-refractivity contribution in [1.82, 2.24) is 4.90 Å². The number of likely N-dealkylation sites (tertiary alicyclic amines) is 1. The first-order valence-electron chi connectivity index (χ1n) is 7.06. The Hall–Kier alpha value is -2.04. The molecule has 1 aromatic rings. The van der Waals surface area contributed by atoms with Crippen LogP contribution in [-0.4, -0.2) is 29.9 Å². The van der Waals surface area contributed by atoms with Gasteiger partial charge in [0.15, 0.2) is 0 Å². The number of carbonyl (C=O) groups is 2. The summed E-state index contributed by atoms with van der Waals surface area (Å²) in [7, 11) is 0. The highest BCUT2D eigenvalue weighted by atomic mass is 16.2. The van der Waals surface area contributed by atoms with Gasteiger partial charge in [0, 0.05) is 24.3 Å². The van der Waals surface area contributed by atoms with Gasteiger partial charge in [-0.15, -0.1) is 0 Å². The Morgan fingerprint density at radius 1 is 1.35 bits per heavy atom. The van der Waals surface area contributed by atoms with Gasteiger partial charge in [-0.2, -0.15) is 0 Å². The predicted molar refractivity (Wildman–Crippen MR) is 78.6 cm³/mol. The molecule has 2 rings (SSSR count). The highest BCUT2D eigenvalue weighted by Crippen LogP contribution is 2.20. The van der Waals surface area contributed by atoms with Gasteiger partial charge in [0.2, 0.25) is 5.91 Å². The zero-order valence-corrected chi connectivity index (χ0v) is 11.8. The molecule has 0 saturated carbocycles. The van der Waals surface area contributed by atoms with E-state index in [-0.39, 0.29) is 6.03 Å². The number of primary amides is 1. The van der Waals surface area contributed by atoms with Crippen molar-refractivity contribution in [3.8, 4) is 0 Å². The summed E-state index contributed by atoms with van der Waals surface area (Å²) >= 11 is 0. The van der Waals surface area contributed by atoms with Crippen molar-refractivity contribution >= 4 is 17.6 Å². The lowest BCUT2D eigenvalue weighted by atomic mass is 9.96.